The summed E-state index contributed by atoms with van der Waals surface area (Å²) in [6, 6.07) is 5.83. The largest absolute Gasteiger partial charge is 0.483 e. The minimum atomic E-state index is -0.526. The molecule has 2 aromatic rings. The molecule has 0 unspecified atom stereocenters. The number of hydrogen-bond donors (Lipinski definition) is 2. The molecule has 128 valence electrons. The van der Waals surface area contributed by atoms with Crippen molar-refractivity contribution in [2.75, 3.05) is 11.9 Å². The molecule has 0 bridgehead atoms. The number of rotatable bonds is 6. The number of primary amides is 1. The number of aryl methyl sites for hydroxylation is 3. The molecule has 2 amide bonds. The van der Waals surface area contributed by atoms with E-state index in [0.717, 1.165) is 21.6 Å². The summed E-state index contributed by atoms with van der Waals surface area (Å²) >= 11 is 1.36. The van der Waals surface area contributed by atoms with E-state index in [9.17, 15) is 9.59 Å². The predicted molar refractivity (Wildman–Crippen MR) is 97.0 cm³/mol. The van der Waals surface area contributed by atoms with Crippen LogP contribution in [-0.2, 0) is 11.2 Å². The maximum absolute atomic E-state index is 12.2. The second kappa shape index (κ2) is 7.49. The summed E-state index contributed by atoms with van der Waals surface area (Å²) in [5.74, 6) is -0.166. The number of hydrogen-bond acceptors (Lipinski definition) is 4. The highest BCUT2D eigenvalue weighted by molar-refractivity contribution is 7.16. The Morgan fingerprint density at radius 2 is 1.96 bits per heavy atom. The quantitative estimate of drug-likeness (QED) is 0.841. The molecule has 0 saturated carbocycles. The summed E-state index contributed by atoms with van der Waals surface area (Å²) in [6.45, 7) is 7.63. The van der Waals surface area contributed by atoms with Crippen LogP contribution in [0.3, 0.4) is 0 Å². The smallest absolute Gasteiger partial charge is 0.262 e. The lowest BCUT2D eigenvalue weighted by atomic mass is 10.1. The Balaban J connectivity index is 2.10. The zero-order valence-electron chi connectivity index (χ0n) is 14.4. The number of thiophene rings is 1. The fraction of sp³-hybridized carbons (Fsp3) is 0.333. The highest BCUT2D eigenvalue weighted by Crippen LogP contribution is 2.33. The van der Waals surface area contributed by atoms with Gasteiger partial charge in [0.2, 0.25) is 0 Å². The topological polar surface area (TPSA) is 81.4 Å². The third-order valence-corrected chi connectivity index (χ3v) is 4.83. The van der Waals surface area contributed by atoms with Gasteiger partial charge in [-0.15, -0.1) is 11.3 Å². The summed E-state index contributed by atoms with van der Waals surface area (Å²) in [4.78, 5) is 24.9. The second-order valence-corrected chi connectivity index (χ2v) is 6.89. The first-order chi connectivity index (χ1) is 11.3. The monoisotopic (exact) mass is 346 g/mol. The molecule has 0 aliphatic heterocycles. The molecule has 24 heavy (non-hydrogen) atoms. The fourth-order valence-corrected chi connectivity index (χ4v) is 3.69. The van der Waals surface area contributed by atoms with Crippen LogP contribution in [0.4, 0.5) is 5.00 Å². The van der Waals surface area contributed by atoms with E-state index in [1.807, 2.05) is 45.9 Å². The minimum Gasteiger partial charge on any atom is -0.483 e. The van der Waals surface area contributed by atoms with Gasteiger partial charge in [-0.05, 0) is 49.9 Å². The van der Waals surface area contributed by atoms with E-state index in [4.69, 9.17) is 10.5 Å². The Morgan fingerprint density at radius 3 is 2.58 bits per heavy atom. The number of ether oxygens (including phenoxy) is 1. The van der Waals surface area contributed by atoms with E-state index in [1.165, 1.54) is 11.3 Å². The number of anilines is 1. The average Bonchev–Trinajstić information content (AvgIpc) is 2.83. The van der Waals surface area contributed by atoms with Crippen LogP contribution in [0.2, 0.25) is 0 Å². The number of nitrogens with two attached hydrogens (primary N) is 1. The third-order valence-electron chi connectivity index (χ3n) is 3.76. The molecule has 1 aromatic heterocycles. The van der Waals surface area contributed by atoms with Crippen molar-refractivity contribution < 1.29 is 14.3 Å². The Labute approximate surface area is 145 Å². The molecule has 6 heteroatoms. The van der Waals surface area contributed by atoms with Gasteiger partial charge in [0, 0.05) is 4.88 Å². The Kier molecular flexibility index (Phi) is 5.62. The summed E-state index contributed by atoms with van der Waals surface area (Å²) in [7, 11) is 0. The zero-order chi connectivity index (χ0) is 17.9. The number of carbonyl (C=O) groups excluding carboxylic acids is 2. The highest BCUT2D eigenvalue weighted by atomic mass is 32.1. The molecular formula is C18H22N2O3S. The predicted octanol–water partition coefficient (Wildman–Crippen LogP) is 3.35. The van der Waals surface area contributed by atoms with Crippen LogP contribution >= 0.6 is 11.3 Å². The van der Waals surface area contributed by atoms with Gasteiger partial charge < -0.3 is 15.8 Å². The van der Waals surface area contributed by atoms with Crippen LogP contribution in [0.25, 0.3) is 0 Å². The van der Waals surface area contributed by atoms with Gasteiger partial charge in [-0.3, -0.25) is 9.59 Å². The highest BCUT2D eigenvalue weighted by Gasteiger charge is 2.20. The zero-order valence-corrected chi connectivity index (χ0v) is 15.2. The standard InChI is InChI=1S/C18H22N2O3S/c1-5-13-12(4)24-18(16(13)17(19)22)20-15(21)9-23-14-8-10(2)6-7-11(14)3/h6-8H,5,9H2,1-4H3,(H2,19,22)(H,20,21). The molecule has 0 atom stereocenters. The van der Waals surface area contributed by atoms with E-state index < -0.39 is 5.91 Å². The first-order valence-corrected chi connectivity index (χ1v) is 8.57. The lowest BCUT2D eigenvalue weighted by molar-refractivity contribution is -0.118. The van der Waals surface area contributed by atoms with Crippen molar-refractivity contribution in [1.29, 1.82) is 0 Å². The number of nitrogens with one attached hydrogen (secondary N) is 1. The minimum absolute atomic E-state index is 0.124. The van der Waals surface area contributed by atoms with Crippen LogP contribution in [0.1, 0.15) is 38.8 Å². The van der Waals surface area contributed by atoms with Crippen LogP contribution in [0.5, 0.6) is 5.75 Å². The van der Waals surface area contributed by atoms with E-state index in [1.54, 1.807) is 0 Å². The lowest BCUT2D eigenvalue weighted by Crippen LogP contribution is -2.22. The van der Waals surface area contributed by atoms with Crippen molar-refractivity contribution in [3.05, 3.63) is 45.3 Å². The second-order valence-electron chi connectivity index (χ2n) is 5.66. The summed E-state index contributed by atoms with van der Waals surface area (Å²) in [5, 5.41) is 3.24. The molecule has 3 N–H and O–H groups in total. The van der Waals surface area contributed by atoms with Crippen molar-refractivity contribution >= 4 is 28.2 Å². The van der Waals surface area contributed by atoms with Gasteiger partial charge in [0.1, 0.15) is 10.8 Å². The summed E-state index contributed by atoms with van der Waals surface area (Å²) in [6.07, 6.45) is 0.690. The molecule has 5 nitrogen and oxygen atoms in total. The first-order valence-electron chi connectivity index (χ1n) is 7.75. The SMILES string of the molecule is CCc1c(C)sc(NC(=O)COc2cc(C)ccc2C)c1C(N)=O. The Bertz CT molecular complexity index is 781. The van der Waals surface area contributed by atoms with E-state index >= 15 is 0 Å². The van der Waals surface area contributed by atoms with E-state index in [-0.39, 0.29) is 12.5 Å². The summed E-state index contributed by atoms with van der Waals surface area (Å²) in [5.41, 5.74) is 8.78. The summed E-state index contributed by atoms with van der Waals surface area (Å²) < 4.78 is 5.59. The molecule has 0 fully saturated rings. The van der Waals surface area contributed by atoms with Gasteiger partial charge in [0.15, 0.2) is 6.61 Å². The number of carbonyl (C=O) groups is 2. The number of benzene rings is 1. The van der Waals surface area contributed by atoms with E-state index in [2.05, 4.69) is 5.32 Å². The maximum atomic E-state index is 12.2. The van der Waals surface area contributed by atoms with Crippen LogP contribution in [0.15, 0.2) is 18.2 Å². The Hall–Kier alpha value is -2.34. The first kappa shape index (κ1) is 18.0. The van der Waals surface area contributed by atoms with Crippen LogP contribution in [0, 0.1) is 20.8 Å². The maximum Gasteiger partial charge on any atom is 0.262 e. The van der Waals surface area contributed by atoms with Crippen molar-refractivity contribution in [3.63, 3.8) is 0 Å². The van der Waals surface area contributed by atoms with Crippen molar-refractivity contribution in [2.45, 2.75) is 34.1 Å². The van der Waals surface area contributed by atoms with Crippen molar-refractivity contribution in [1.82, 2.24) is 0 Å². The Morgan fingerprint density at radius 1 is 1.25 bits per heavy atom. The molecule has 0 spiro atoms. The van der Waals surface area contributed by atoms with E-state index in [0.29, 0.717) is 22.7 Å². The van der Waals surface area contributed by atoms with Crippen LogP contribution < -0.4 is 15.8 Å². The fourth-order valence-electron chi connectivity index (χ4n) is 2.52. The molecular weight excluding hydrogens is 324 g/mol. The van der Waals surface area contributed by atoms with Crippen molar-refractivity contribution in [2.24, 2.45) is 5.73 Å². The molecule has 2 rings (SSSR count). The lowest BCUT2D eigenvalue weighted by Gasteiger charge is -2.10. The molecule has 0 radical (unpaired) electrons. The van der Waals surface area contributed by atoms with Crippen LogP contribution in [-0.4, -0.2) is 18.4 Å². The van der Waals surface area contributed by atoms with Crippen molar-refractivity contribution in [3.8, 4) is 5.75 Å². The van der Waals surface area contributed by atoms with Gasteiger partial charge in [0.05, 0.1) is 5.56 Å². The normalized spacial score (nSPS) is 10.5. The van der Waals surface area contributed by atoms with Gasteiger partial charge in [-0.25, -0.2) is 0 Å². The molecule has 0 saturated heterocycles. The molecule has 0 aliphatic carbocycles. The molecule has 1 aromatic carbocycles. The van der Waals surface area contributed by atoms with Gasteiger partial charge >= 0.3 is 0 Å². The van der Waals surface area contributed by atoms with Gasteiger partial charge in [-0.1, -0.05) is 19.1 Å². The molecule has 1 heterocycles. The molecule has 0 aliphatic rings. The number of amides is 2. The van der Waals surface area contributed by atoms with Gasteiger partial charge in [0.25, 0.3) is 11.8 Å². The van der Waals surface area contributed by atoms with Gasteiger partial charge in [-0.2, -0.15) is 0 Å². The third kappa shape index (κ3) is 3.94. The average molecular weight is 346 g/mol.